The van der Waals surface area contributed by atoms with Crippen molar-refractivity contribution in [1.82, 2.24) is 4.57 Å². The van der Waals surface area contributed by atoms with Gasteiger partial charge in [0, 0.05) is 11.9 Å². The van der Waals surface area contributed by atoms with Crippen molar-refractivity contribution in [3.05, 3.63) is 28.4 Å². The van der Waals surface area contributed by atoms with Crippen LogP contribution in [0.5, 0.6) is 5.75 Å². The molecule has 2 nitrogen and oxygen atoms in total. The van der Waals surface area contributed by atoms with Gasteiger partial charge in [-0.1, -0.05) is 6.07 Å². The van der Waals surface area contributed by atoms with E-state index in [9.17, 15) is 5.11 Å². The van der Waals surface area contributed by atoms with Crippen LogP contribution in [0.4, 0.5) is 0 Å². The SMILES string of the molecule is CCn1c(Br)c(C)c2c(O)cccc21. The van der Waals surface area contributed by atoms with Crippen LogP contribution in [-0.4, -0.2) is 9.67 Å². The zero-order valence-electron chi connectivity index (χ0n) is 8.21. The van der Waals surface area contributed by atoms with Gasteiger partial charge in [-0.3, -0.25) is 0 Å². The minimum Gasteiger partial charge on any atom is -0.507 e. The molecule has 0 aliphatic heterocycles. The number of phenols is 1. The lowest BCUT2D eigenvalue weighted by Crippen LogP contribution is -1.92. The number of aromatic hydroxyl groups is 1. The third-order valence-corrected chi connectivity index (χ3v) is 3.57. The second-order valence-electron chi connectivity index (χ2n) is 3.33. The van der Waals surface area contributed by atoms with Gasteiger partial charge < -0.3 is 9.67 Å². The van der Waals surface area contributed by atoms with Gasteiger partial charge in [-0.15, -0.1) is 0 Å². The number of aryl methyl sites for hydroxylation is 2. The summed E-state index contributed by atoms with van der Waals surface area (Å²) >= 11 is 3.54. The second kappa shape index (κ2) is 3.31. The number of nitrogens with zero attached hydrogens (tertiary/aromatic N) is 1. The monoisotopic (exact) mass is 253 g/mol. The molecule has 1 heterocycles. The van der Waals surface area contributed by atoms with E-state index in [1.165, 1.54) is 0 Å². The molecule has 1 aromatic carbocycles. The fraction of sp³-hybridized carbons (Fsp3) is 0.273. The van der Waals surface area contributed by atoms with Crippen LogP contribution >= 0.6 is 15.9 Å². The molecular weight excluding hydrogens is 242 g/mol. The van der Waals surface area contributed by atoms with Crippen molar-refractivity contribution in [2.75, 3.05) is 0 Å². The molecule has 0 aliphatic rings. The minimum atomic E-state index is 0.355. The Hall–Kier alpha value is -0.960. The number of aromatic nitrogens is 1. The van der Waals surface area contributed by atoms with Gasteiger partial charge in [0.1, 0.15) is 5.75 Å². The minimum absolute atomic E-state index is 0.355. The van der Waals surface area contributed by atoms with Gasteiger partial charge in [-0.25, -0.2) is 0 Å². The van der Waals surface area contributed by atoms with Gasteiger partial charge in [0.15, 0.2) is 0 Å². The van der Waals surface area contributed by atoms with Crippen LogP contribution in [0.25, 0.3) is 10.9 Å². The number of hydrogen-bond donors (Lipinski definition) is 1. The molecule has 0 fully saturated rings. The summed E-state index contributed by atoms with van der Waals surface area (Å²) in [6, 6.07) is 5.62. The zero-order chi connectivity index (χ0) is 10.3. The smallest absolute Gasteiger partial charge is 0.125 e. The molecule has 0 aliphatic carbocycles. The lowest BCUT2D eigenvalue weighted by Gasteiger charge is -2.02. The number of fused-ring (bicyclic) bond motifs is 1. The van der Waals surface area contributed by atoms with E-state index in [0.717, 1.165) is 27.6 Å². The fourth-order valence-electron chi connectivity index (χ4n) is 1.86. The molecule has 1 N–H and O–H groups in total. The molecule has 3 heteroatoms. The number of benzene rings is 1. The van der Waals surface area contributed by atoms with Gasteiger partial charge in [0.2, 0.25) is 0 Å². The molecule has 0 spiro atoms. The van der Waals surface area contributed by atoms with Crippen LogP contribution in [0.1, 0.15) is 12.5 Å². The first-order valence-electron chi connectivity index (χ1n) is 4.63. The molecule has 0 amide bonds. The Kier molecular flexibility index (Phi) is 2.27. The normalized spacial score (nSPS) is 11.1. The molecule has 0 saturated carbocycles. The molecule has 2 aromatic rings. The van der Waals surface area contributed by atoms with Crippen LogP contribution < -0.4 is 0 Å². The molecule has 2 rings (SSSR count). The molecular formula is C11H12BrNO. The molecule has 0 bridgehead atoms. The van der Waals surface area contributed by atoms with E-state index < -0.39 is 0 Å². The second-order valence-corrected chi connectivity index (χ2v) is 4.08. The van der Waals surface area contributed by atoms with Crippen LogP contribution in [0.15, 0.2) is 22.8 Å². The average molecular weight is 254 g/mol. The topological polar surface area (TPSA) is 25.2 Å². The van der Waals surface area contributed by atoms with Crippen molar-refractivity contribution in [1.29, 1.82) is 0 Å². The Morgan fingerprint density at radius 1 is 1.43 bits per heavy atom. The zero-order valence-corrected chi connectivity index (χ0v) is 9.80. The van der Waals surface area contributed by atoms with Crippen molar-refractivity contribution in [2.45, 2.75) is 20.4 Å². The third-order valence-electron chi connectivity index (χ3n) is 2.55. The summed E-state index contributed by atoms with van der Waals surface area (Å²) in [5.41, 5.74) is 2.18. The van der Waals surface area contributed by atoms with E-state index in [0.29, 0.717) is 5.75 Å². The van der Waals surface area contributed by atoms with Crippen molar-refractivity contribution in [2.24, 2.45) is 0 Å². The average Bonchev–Trinajstić information content (AvgIpc) is 2.41. The highest BCUT2D eigenvalue weighted by molar-refractivity contribution is 9.10. The highest BCUT2D eigenvalue weighted by atomic mass is 79.9. The summed E-state index contributed by atoms with van der Waals surface area (Å²) in [6.45, 7) is 5.00. The van der Waals surface area contributed by atoms with Crippen molar-refractivity contribution >= 4 is 26.8 Å². The molecule has 0 unspecified atom stereocenters. The Balaban J connectivity index is 2.95. The summed E-state index contributed by atoms with van der Waals surface area (Å²) in [5, 5.41) is 10.7. The highest BCUT2D eigenvalue weighted by Gasteiger charge is 2.13. The summed E-state index contributed by atoms with van der Waals surface area (Å²) in [6.07, 6.45) is 0. The molecule has 0 radical (unpaired) electrons. The van der Waals surface area contributed by atoms with Gasteiger partial charge in [-0.2, -0.15) is 0 Å². The van der Waals surface area contributed by atoms with Crippen molar-refractivity contribution in [3.8, 4) is 5.75 Å². The Labute approximate surface area is 91.3 Å². The quantitative estimate of drug-likeness (QED) is 0.828. The third kappa shape index (κ3) is 1.16. The summed E-state index contributed by atoms with van der Waals surface area (Å²) < 4.78 is 3.20. The van der Waals surface area contributed by atoms with Gasteiger partial charge in [0.05, 0.1) is 10.1 Å². The van der Waals surface area contributed by atoms with Crippen LogP contribution in [0.2, 0.25) is 0 Å². The van der Waals surface area contributed by atoms with Crippen molar-refractivity contribution < 1.29 is 5.11 Å². The summed E-state index contributed by atoms with van der Waals surface area (Å²) in [7, 11) is 0. The maximum absolute atomic E-state index is 9.75. The maximum atomic E-state index is 9.75. The Morgan fingerprint density at radius 2 is 2.14 bits per heavy atom. The van der Waals surface area contributed by atoms with Gasteiger partial charge >= 0.3 is 0 Å². The summed E-state index contributed by atoms with van der Waals surface area (Å²) in [5.74, 6) is 0.355. The van der Waals surface area contributed by atoms with E-state index in [-0.39, 0.29) is 0 Å². The first kappa shape index (κ1) is 9.59. The largest absolute Gasteiger partial charge is 0.507 e. The van der Waals surface area contributed by atoms with E-state index in [1.54, 1.807) is 6.07 Å². The van der Waals surface area contributed by atoms with E-state index in [4.69, 9.17) is 0 Å². The molecule has 0 atom stereocenters. The molecule has 1 aromatic heterocycles. The van der Waals surface area contributed by atoms with Gasteiger partial charge in [0.25, 0.3) is 0 Å². The Bertz CT molecular complexity index is 487. The lowest BCUT2D eigenvalue weighted by atomic mass is 10.2. The Morgan fingerprint density at radius 3 is 2.79 bits per heavy atom. The van der Waals surface area contributed by atoms with Crippen LogP contribution in [0, 0.1) is 6.92 Å². The van der Waals surface area contributed by atoms with Crippen molar-refractivity contribution in [3.63, 3.8) is 0 Å². The van der Waals surface area contributed by atoms with Gasteiger partial charge in [-0.05, 0) is 47.5 Å². The number of hydrogen-bond acceptors (Lipinski definition) is 1. The maximum Gasteiger partial charge on any atom is 0.125 e. The van der Waals surface area contributed by atoms with E-state index >= 15 is 0 Å². The fourth-order valence-corrected chi connectivity index (χ4v) is 2.50. The van der Waals surface area contributed by atoms with Crippen LogP contribution in [-0.2, 0) is 6.54 Å². The first-order valence-corrected chi connectivity index (χ1v) is 5.42. The molecule has 14 heavy (non-hydrogen) atoms. The number of halogens is 1. The number of rotatable bonds is 1. The lowest BCUT2D eigenvalue weighted by molar-refractivity contribution is 0.481. The standard InChI is InChI=1S/C11H12BrNO/c1-3-13-8-5-4-6-9(14)10(8)7(2)11(13)12/h4-6,14H,3H2,1-2H3. The van der Waals surface area contributed by atoms with E-state index in [2.05, 4.69) is 27.4 Å². The van der Waals surface area contributed by atoms with E-state index in [1.807, 2.05) is 19.1 Å². The number of phenolic OH excluding ortho intramolecular Hbond substituents is 1. The first-order chi connectivity index (χ1) is 6.66. The highest BCUT2D eigenvalue weighted by Crippen LogP contribution is 2.34. The predicted molar refractivity (Wildman–Crippen MR) is 61.7 cm³/mol. The molecule has 0 saturated heterocycles. The molecule has 74 valence electrons. The van der Waals surface area contributed by atoms with Crippen LogP contribution in [0.3, 0.4) is 0 Å². The predicted octanol–water partition coefficient (Wildman–Crippen LogP) is 3.44. The summed E-state index contributed by atoms with van der Waals surface area (Å²) in [4.78, 5) is 0.